The fourth-order valence-corrected chi connectivity index (χ4v) is 2.30. The molecule has 74 valence electrons. The Labute approximate surface area is 84.7 Å². The second-order valence-electron chi connectivity index (χ2n) is 2.75. The van der Waals surface area contributed by atoms with Crippen molar-refractivity contribution in [2.75, 3.05) is 0 Å². The van der Waals surface area contributed by atoms with E-state index in [9.17, 15) is 12.3 Å². The molecule has 0 amide bonds. The molecule has 6 heteroatoms. The average molecular weight is 234 g/mol. The van der Waals surface area contributed by atoms with E-state index in [0.29, 0.717) is 5.52 Å². The van der Waals surface area contributed by atoms with Crippen LogP contribution in [0, 0.1) is 0 Å². The number of aromatic nitrogens is 1. The van der Waals surface area contributed by atoms with E-state index in [4.69, 9.17) is 11.6 Å². The van der Waals surface area contributed by atoms with Gasteiger partial charge in [0.2, 0.25) is 0 Å². The number of aromatic amines is 1. The molecule has 14 heavy (non-hydrogen) atoms. The van der Waals surface area contributed by atoms with Crippen molar-refractivity contribution in [1.82, 2.24) is 4.98 Å². The Morgan fingerprint density at radius 3 is 2.71 bits per heavy atom. The van der Waals surface area contributed by atoms with Crippen LogP contribution in [-0.4, -0.2) is 13.4 Å². The van der Waals surface area contributed by atoms with Crippen molar-refractivity contribution in [3.05, 3.63) is 29.4 Å². The minimum Gasteiger partial charge on any atom is -0.360 e. The maximum atomic E-state index is 12.8. The summed E-state index contributed by atoms with van der Waals surface area (Å²) in [4.78, 5) is 2.21. The summed E-state index contributed by atoms with van der Waals surface area (Å²) < 4.78 is 34.2. The van der Waals surface area contributed by atoms with Crippen LogP contribution in [0.2, 0.25) is 5.02 Å². The molecule has 1 heterocycles. The number of hydrogen-bond acceptors (Lipinski definition) is 2. The van der Waals surface area contributed by atoms with Gasteiger partial charge in [-0.15, -0.1) is 3.89 Å². The summed E-state index contributed by atoms with van der Waals surface area (Å²) in [5.41, 5.74) is 0.494. The molecule has 2 rings (SSSR count). The summed E-state index contributed by atoms with van der Waals surface area (Å²) in [5.74, 6) is 0. The van der Waals surface area contributed by atoms with Crippen molar-refractivity contribution < 1.29 is 12.3 Å². The molecule has 0 aliphatic rings. The fraction of sp³-hybridized carbons (Fsp3) is 0. The molecular formula is C8H5ClFNO2S. The molecule has 0 spiro atoms. The third-order valence-electron chi connectivity index (χ3n) is 1.88. The first-order chi connectivity index (χ1) is 6.50. The Morgan fingerprint density at radius 1 is 1.36 bits per heavy atom. The Morgan fingerprint density at radius 2 is 2.07 bits per heavy atom. The van der Waals surface area contributed by atoms with Crippen molar-refractivity contribution in [2.45, 2.75) is 4.90 Å². The smallest absolute Gasteiger partial charge is 0.334 e. The third kappa shape index (κ3) is 1.38. The largest absolute Gasteiger partial charge is 0.360 e. The molecule has 0 radical (unpaired) electrons. The lowest BCUT2D eigenvalue weighted by atomic mass is 10.2. The maximum Gasteiger partial charge on any atom is 0.334 e. The van der Waals surface area contributed by atoms with Crippen molar-refractivity contribution in [1.29, 1.82) is 0 Å². The van der Waals surface area contributed by atoms with Crippen LogP contribution >= 0.6 is 11.6 Å². The van der Waals surface area contributed by atoms with Crippen LogP contribution in [0.25, 0.3) is 10.9 Å². The number of benzene rings is 1. The Kier molecular flexibility index (Phi) is 2.01. The lowest BCUT2D eigenvalue weighted by molar-refractivity contribution is 0.553. The topological polar surface area (TPSA) is 49.9 Å². The van der Waals surface area contributed by atoms with E-state index in [-0.39, 0.29) is 10.4 Å². The first kappa shape index (κ1) is 9.48. The highest BCUT2D eigenvalue weighted by Gasteiger charge is 2.19. The minimum absolute atomic E-state index is 0.191. The van der Waals surface area contributed by atoms with Gasteiger partial charge in [-0.3, -0.25) is 0 Å². The monoisotopic (exact) mass is 233 g/mol. The van der Waals surface area contributed by atoms with Gasteiger partial charge in [-0.25, -0.2) is 0 Å². The number of H-pyrrole nitrogens is 1. The van der Waals surface area contributed by atoms with Gasteiger partial charge in [0.1, 0.15) is 4.90 Å². The highest BCUT2D eigenvalue weighted by Crippen LogP contribution is 2.30. The molecule has 2 aromatic rings. The second kappa shape index (κ2) is 2.96. The number of hydrogen-bond donors (Lipinski definition) is 1. The standard InChI is InChI=1S/C8H5ClFNO2S/c9-5-2-1-3-6-8(5)7(4-11-6)14(10,12)13/h1-4,11H. The molecule has 0 aliphatic carbocycles. The molecule has 1 N–H and O–H groups in total. The third-order valence-corrected chi connectivity index (χ3v) is 3.04. The number of nitrogens with one attached hydrogen (secondary N) is 1. The van der Waals surface area contributed by atoms with E-state index in [1.54, 1.807) is 12.1 Å². The van der Waals surface area contributed by atoms with Gasteiger partial charge in [0.15, 0.2) is 0 Å². The lowest BCUT2D eigenvalue weighted by Gasteiger charge is -1.95. The zero-order valence-corrected chi connectivity index (χ0v) is 8.36. The van der Waals surface area contributed by atoms with Crippen LogP contribution in [0.3, 0.4) is 0 Å². The van der Waals surface area contributed by atoms with Gasteiger partial charge in [-0.1, -0.05) is 17.7 Å². The van der Waals surface area contributed by atoms with E-state index < -0.39 is 15.1 Å². The Balaban J connectivity index is 2.94. The van der Waals surface area contributed by atoms with Crippen LogP contribution in [0.4, 0.5) is 3.89 Å². The predicted octanol–water partition coefficient (Wildman–Crippen LogP) is 2.48. The summed E-state index contributed by atoms with van der Waals surface area (Å²) in [6, 6.07) is 4.78. The van der Waals surface area contributed by atoms with Gasteiger partial charge in [0.05, 0.1) is 5.02 Å². The SMILES string of the molecule is O=S(=O)(F)c1c[nH]c2cccc(Cl)c12. The van der Waals surface area contributed by atoms with Gasteiger partial charge in [-0.2, -0.15) is 8.42 Å². The summed E-state index contributed by atoms with van der Waals surface area (Å²) >= 11 is 5.76. The van der Waals surface area contributed by atoms with Crippen molar-refractivity contribution >= 4 is 32.7 Å². The van der Waals surface area contributed by atoms with E-state index in [0.717, 1.165) is 6.20 Å². The number of rotatable bonds is 1. The quantitative estimate of drug-likeness (QED) is 0.770. The second-order valence-corrected chi connectivity index (χ2v) is 4.48. The van der Waals surface area contributed by atoms with Crippen molar-refractivity contribution in [3.63, 3.8) is 0 Å². The van der Waals surface area contributed by atoms with Crippen molar-refractivity contribution in [3.8, 4) is 0 Å². The maximum absolute atomic E-state index is 12.8. The molecule has 3 nitrogen and oxygen atoms in total. The molecule has 0 bridgehead atoms. The van der Waals surface area contributed by atoms with E-state index >= 15 is 0 Å². The normalized spacial score (nSPS) is 12.1. The number of halogens is 2. The van der Waals surface area contributed by atoms with Crippen LogP contribution in [0.15, 0.2) is 29.3 Å². The molecule has 0 aliphatic heterocycles. The first-order valence-corrected chi connectivity index (χ1v) is 5.46. The van der Waals surface area contributed by atoms with Crippen molar-refractivity contribution in [2.24, 2.45) is 0 Å². The zero-order valence-electron chi connectivity index (χ0n) is 6.79. The predicted molar refractivity (Wildman–Crippen MR) is 51.6 cm³/mol. The molecular weight excluding hydrogens is 229 g/mol. The van der Waals surface area contributed by atoms with E-state index in [1.807, 2.05) is 0 Å². The van der Waals surface area contributed by atoms with E-state index in [2.05, 4.69) is 4.98 Å². The van der Waals surface area contributed by atoms with Gasteiger partial charge >= 0.3 is 10.2 Å². The minimum atomic E-state index is -4.72. The molecule has 1 aromatic heterocycles. The molecule has 0 unspecified atom stereocenters. The van der Waals surface area contributed by atoms with Gasteiger partial charge < -0.3 is 4.98 Å². The lowest BCUT2D eigenvalue weighted by Crippen LogP contribution is -1.89. The molecule has 0 saturated heterocycles. The van der Waals surface area contributed by atoms with Gasteiger partial charge in [0.25, 0.3) is 0 Å². The summed E-state index contributed by atoms with van der Waals surface area (Å²) in [6.07, 6.45) is 1.09. The molecule has 0 fully saturated rings. The molecule has 0 saturated carbocycles. The van der Waals surface area contributed by atoms with Crippen LogP contribution in [-0.2, 0) is 10.2 Å². The molecule has 1 aromatic carbocycles. The first-order valence-electron chi connectivity index (χ1n) is 3.70. The van der Waals surface area contributed by atoms with Crippen LogP contribution < -0.4 is 0 Å². The Bertz CT molecular complexity index is 590. The average Bonchev–Trinajstić information content (AvgIpc) is 2.47. The molecule has 0 atom stereocenters. The van der Waals surface area contributed by atoms with Gasteiger partial charge in [0, 0.05) is 17.1 Å². The van der Waals surface area contributed by atoms with E-state index in [1.165, 1.54) is 6.07 Å². The Hall–Kier alpha value is -1.07. The summed E-state index contributed by atoms with van der Waals surface area (Å²) in [7, 11) is -4.72. The fourth-order valence-electron chi connectivity index (χ4n) is 1.30. The highest BCUT2D eigenvalue weighted by atomic mass is 35.5. The summed E-state index contributed by atoms with van der Waals surface area (Å²) in [6.45, 7) is 0. The number of fused-ring (bicyclic) bond motifs is 1. The van der Waals surface area contributed by atoms with Crippen LogP contribution in [0.5, 0.6) is 0 Å². The van der Waals surface area contributed by atoms with Gasteiger partial charge in [-0.05, 0) is 12.1 Å². The van der Waals surface area contributed by atoms with Crippen LogP contribution in [0.1, 0.15) is 0 Å². The highest BCUT2D eigenvalue weighted by molar-refractivity contribution is 7.86. The summed E-state index contributed by atoms with van der Waals surface area (Å²) in [5, 5.41) is 0.400. The zero-order chi connectivity index (χ0) is 10.3.